The van der Waals surface area contributed by atoms with Crippen LogP contribution in [0.2, 0.25) is 0 Å². The molecule has 78 valence electrons. The average Bonchev–Trinajstić information content (AvgIpc) is 2.18. The number of hydrogen-bond acceptors (Lipinski definition) is 3. The Morgan fingerprint density at radius 2 is 1.93 bits per heavy atom. The van der Waals surface area contributed by atoms with Gasteiger partial charge in [0.05, 0.1) is 6.10 Å². The monoisotopic (exact) mass is 194 g/mol. The first-order valence-corrected chi connectivity index (χ1v) is 4.99. The summed E-state index contributed by atoms with van der Waals surface area (Å²) in [4.78, 5) is 3.90. The molecule has 0 aliphatic carbocycles. The van der Waals surface area contributed by atoms with Crippen LogP contribution in [0.4, 0.5) is 0 Å². The average molecular weight is 194 g/mol. The molecular formula is C11H18N2O. The van der Waals surface area contributed by atoms with Crippen LogP contribution in [-0.2, 0) is 0 Å². The molecule has 0 spiro atoms. The molecule has 0 aliphatic rings. The second-order valence-electron chi connectivity index (χ2n) is 3.85. The van der Waals surface area contributed by atoms with E-state index in [0.717, 1.165) is 12.1 Å². The summed E-state index contributed by atoms with van der Waals surface area (Å²) in [6.45, 7) is 5.82. The highest BCUT2D eigenvalue weighted by Crippen LogP contribution is 2.09. The van der Waals surface area contributed by atoms with Crippen molar-refractivity contribution < 1.29 is 5.11 Å². The van der Waals surface area contributed by atoms with Gasteiger partial charge >= 0.3 is 0 Å². The molecule has 0 amide bonds. The molecule has 1 aromatic rings. The SMILES string of the molecule is CC(C)CNCC(O)c1ccncc1. The van der Waals surface area contributed by atoms with Gasteiger partial charge in [-0.15, -0.1) is 0 Å². The summed E-state index contributed by atoms with van der Waals surface area (Å²) in [5.41, 5.74) is 0.913. The summed E-state index contributed by atoms with van der Waals surface area (Å²) in [5, 5.41) is 13.0. The molecule has 0 bridgehead atoms. The topological polar surface area (TPSA) is 45.1 Å². The van der Waals surface area contributed by atoms with E-state index in [1.165, 1.54) is 0 Å². The van der Waals surface area contributed by atoms with Gasteiger partial charge in [0.2, 0.25) is 0 Å². The predicted octanol–water partition coefficient (Wildman–Crippen LogP) is 1.36. The minimum absolute atomic E-state index is 0.434. The minimum atomic E-state index is -0.434. The first-order chi connectivity index (χ1) is 6.70. The molecule has 2 N–H and O–H groups in total. The normalized spacial score (nSPS) is 13.1. The van der Waals surface area contributed by atoms with E-state index in [9.17, 15) is 5.11 Å². The molecule has 1 atom stereocenters. The Kier molecular flexibility index (Phi) is 4.56. The lowest BCUT2D eigenvalue weighted by atomic mass is 10.1. The zero-order valence-corrected chi connectivity index (χ0v) is 8.77. The Morgan fingerprint density at radius 1 is 1.29 bits per heavy atom. The van der Waals surface area contributed by atoms with E-state index < -0.39 is 6.10 Å². The zero-order chi connectivity index (χ0) is 10.4. The van der Waals surface area contributed by atoms with Gasteiger partial charge < -0.3 is 10.4 Å². The van der Waals surface area contributed by atoms with Gasteiger partial charge in [0.25, 0.3) is 0 Å². The van der Waals surface area contributed by atoms with Crippen molar-refractivity contribution in [3.63, 3.8) is 0 Å². The van der Waals surface area contributed by atoms with Crippen LogP contribution in [0, 0.1) is 5.92 Å². The number of hydrogen-bond donors (Lipinski definition) is 2. The first-order valence-electron chi connectivity index (χ1n) is 4.99. The fourth-order valence-electron chi connectivity index (χ4n) is 1.21. The lowest BCUT2D eigenvalue weighted by Gasteiger charge is -2.12. The Hall–Kier alpha value is -0.930. The summed E-state index contributed by atoms with van der Waals surface area (Å²) in [7, 11) is 0. The van der Waals surface area contributed by atoms with Gasteiger partial charge in [-0.25, -0.2) is 0 Å². The molecule has 0 aromatic carbocycles. The van der Waals surface area contributed by atoms with E-state index in [1.54, 1.807) is 12.4 Å². The number of pyridine rings is 1. The number of nitrogens with zero attached hydrogens (tertiary/aromatic N) is 1. The second kappa shape index (κ2) is 5.73. The van der Waals surface area contributed by atoms with Gasteiger partial charge in [0.1, 0.15) is 0 Å². The molecule has 0 fully saturated rings. The van der Waals surface area contributed by atoms with Crippen molar-refractivity contribution in [1.29, 1.82) is 0 Å². The van der Waals surface area contributed by atoms with Gasteiger partial charge in [-0.3, -0.25) is 4.98 Å². The summed E-state index contributed by atoms with van der Waals surface area (Å²) in [5.74, 6) is 0.611. The molecular weight excluding hydrogens is 176 g/mol. The van der Waals surface area contributed by atoms with E-state index in [1.807, 2.05) is 12.1 Å². The third-order valence-electron chi connectivity index (χ3n) is 1.98. The Morgan fingerprint density at radius 3 is 2.50 bits per heavy atom. The van der Waals surface area contributed by atoms with Crippen LogP contribution in [-0.4, -0.2) is 23.2 Å². The van der Waals surface area contributed by atoms with E-state index in [0.29, 0.717) is 12.5 Å². The van der Waals surface area contributed by atoms with Gasteiger partial charge in [-0.05, 0) is 30.2 Å². The highest BCUT2D eigenvalue weighted by molar-refractivity contribution is 5.13. The van der Waals surface area contributed by atoms with Crippen LogP contribution in [0.3, 0.4) is 0 Å². The third kappa shape index (κ3) is 3.85. The zero-order valence-electron chi connectivity index (χ0n) is 8.77. The van der Waals surface area contributed by atoms with E-state index in [-0.39, 0.29) is 0 Å². The molecule has 0 saturated carbocycles. The summed E-state index contributed by atoms with van der Waals surface area (Å²) >= 11 is 0. The van der Waals surface area contributed by atoms with Crippen molar-refractivity contribution in [2.75, 3.05) is 13.1 Å². The van der Waals surface area contributed by atoms with Crippen molar-refractivity contribution in [2.45, 2.75) is 20.0 Å². The van der Waals surface area contributed by atoms with Gasteiger partial charge in [0.15, 0.2) is 0 Å². The summed E-state index contributed by atoms with van der Waals surface area (Å²) in [6, 6.07) is 3.67. The van der Waals surface area contributed by atoms with Crippen LogP contribution in [0.25, 0.3) is 0 Å². The van der Waals surface area contributed by atoms with Gasteiger partial charge in [-0.1, -0.05) is 13.8 Å². The van der Waals surface area contributed by atoms with Crippen LogP contribution < -0.4 is 5.32 Å². The number of rotatable bonds is 5. The maximum Gasteiger partial charge on any atom is 0.0915 e. The maximum absolute atomic E-state index is 9.74. The van der Waals surface area contributed by atoms with Gasteiger partial charge in [-0.2, -0.15) is 0 Å². The molecule has 1 rings (SSSR count). The first kappa shape index (κ1) is 11.1. The van der Waals surface area contributed by atoms with Crippen LogP contribution >= 0.6 is 0 Å². The number of aromatic nitrogens is 1. The molecule has 1 aromatic heterocycles. The van der Waals surface area contributed by atoms with Crippen molar-refractivity contribution in [3.8, 4) is 0 Å². The lowest BCUT2D eigenvalue weighted by Crippen LogP contribution is -2.25. The number of nitrogens with one attached hydrogen (secondary N) is 1. The van der Waals surface area contributed by atoms with Crippen molar-refractivity contribution >= 4 is 0 Å². The Balaban J connectivity index is 2.32. The molecule has 14 heavy (non-hydrogen) atoms. The molecule has 1 unspecified atom stereocenters. The third-order valence-corrected chi connectivity index (χ3v) is 1.98. The second-order valence-corrected chi connectivity index (χ2v) is 3.85. The molecule has 0 radical (unpaired) electrons. The molecule has 0 aliphatic heterocycles. The van der Waals surface area contributed by atoms with E-state index in [4.69, 9.17) is 0 Å². The van der Waals surface area contributed by atoms with Crippen LogP contribution in [0.15, 0.2) is 24.5 Å². The van der Waals surface area contributed by atoms with Crippen molar-refractivity contribution in [3.05, 3.63) is 30.1 Å². The number of aliphatic hydroxyl groups is 1. The predicted molar refractivity (Wildman–Crippen MR) is 56.9 cm³/mol. The molecule has 3 nitrogen and oxygen atoms in total. The molecule has 3 heteroatoms. The smallest absolute Gasteiger partial charge is 0.0915 e. The van der Waals surface area contributed by atoms with E-state index >= 15 is 0 Å². The highest BCUT2D eigenvalue weighted by atomic mass is 16.3. The van der Waals surface area contributed by atoms with Crippen molar-refractivity contribution in [1.82, 2.24) is 10.3 Å². The number of aliphatic hydroxyl groups excluding tert-OH is 1. The highest BCUT2D eigenvalue weighted by Gasteiger charge is 2.05. The molecule has 1 heterocycles. The Bertz CT molecular complexity index is 249. The van der Waals surface area contributed by atoms with Crippen LogP contribution in [0.1, 0.15) is 25.5 Å². The Labute approximate surface area is 85.2 Å². The molecule has 0 saturated heterocycles. The van der Waals surface area contributed by atoms with Crippen LogP contribution in [0.5, 0.6) is 0 Å². The maximum atomic E-state index is 9.74. The summed E-state index contributed by atoms with van der Waals surface area (Å²) in [6.07, 6.45) is 2.96. The lowest BCUT2D eigenvalue weighted by molar-refractivity contribution is 0.173. The summed E-state index contributed by atoms with van der Waals surface area (Å²) < 4.78 is 0. The largest absolute Gasteiger partial charge is 0.387 e. The quantitative estimate of drug-likeness (QED) is 0.744. The minimum Gasteiger partial charge on any atom is -0.387 e. The standard InChI is InChI=1S/C11H18N2O/c1-9(2)7-13-8-11(14)10-3-5-12-6-4-10/h3-6,9,11,13-14H,7-8H2,1-2H3. The van der Waals surface area contributed by atoms with Gasteiger partial charge in [0, 0.05) is 18.9 Å². The van der Waals surface area contributed by atoms with E-state index in [2.05, 4.69) is 24.1 Å². The fourth-order valence-corrected chi connectivity index (χ4v) is 1.21. The van der Waals surface area contributed by atoms with Crippen molar-refractivity contribution in [2.24, 2.45) is 5.92 Å². The fraction of sp³-hybridized carbons (Fsp3) is 0.545.